The number of nitrogens with one attached hydrogen (secondary N) is 1. The van der Waals surface area contributed by atoms with Gasteiger partial charge in [-0.15, -0.1) is 0 Å². The molecule has 1 spiro atoms. The number of likely N-dealkylation sites (tertiary alicyclic amines) is 1. The fraction of sp³-hybridized carbons (Fsp3) is 0.250. The molecule has 1 amide bonds. The zero-order valence-electron chi connectivity index (χ0n) is 16.6. The van der Waals surface area contributed by atoms with E-state index in [4.69, 9.17) is 11.6 Å². The molecule has 152 valence electrons. The van der Waals surface area contributed by atoms with Gasteiger partial charge in [0.2, 0.25) is 0 Å². The second-order valence-corrected chi connectivity index (χ2v) is 8.36. The Balaban J connectivity index is 1.47. The number of fused-ring (bicyclic) bond motifs is 1. The number of benzene rings is 2. The monoisotopic (exact) mass is 418 g/mol. The summed E-state index contributed by atoms with van der Waals surface area (Å²) in [6.45, 7) is 2.56. The topological polar surface area (TPSA) is 48.5 Å². The number of para-hydroxylation sites is 1. The van der Waals surface area contributed by atoms with Crippen molar-refractivity contribution < 1.29 is 4.79 Å². The number of rotatable bonds is 3. The summed E-state index contributed by atoms with van der Waals surface area (Å²) < 4.78 is 0. The molecule has 2 aromatic carbocycles. The van der Waals surface area contributed by atoms with E-state index in [-0.39, 0.29) is 5.91 Å². The molecule has 6 heteroatoms. The lowest BCUT2D eigenvalue weighted by Crippen LogP contribution is -2.64. The molecule has 3 heterocycles. The summed E-state index contributed by atoms with van der Waals surface area (Å²) in [4.78, 5) is 22.4. The third-order valence-electron chi connectivity index (χ3n) is 6.02. The highest BCUT2D eigenvalue weighted by atomic mass is 35.5. The molecule has 5 rings (SSSR count). The molecule has 1 fully saturated rings. The summed E-state index contributed by atoms with van der Waals surface area (Å²) in [6.07, 6.45) is 3.46. The Labute approximate surface area is 181 Å². The van der Waals surface area contributed by atoms with Crippen LogP contribution >= 0.6 is 11.6 Å². The van der Waals surface area contributed by atoms with Crippen molar-refractivity contribution in [3.8, 4) is 0 Å². The van der Waals surface area contributed by atoms with Crippen molar-refractivity contribution in [1.82, 2.24) is 9.88 Å². The Morgan fingerprint density at radius 1 is 1.00 bits per heavy atom. The van der Waals surface area contributed by atoms with Crippen molar-refractivity contribution >= 4 is 28.9 Å². The Morgan fingerprint density at radius 2 is 1.80 bits per heavy atom. The number of amides is 1. The molecule has 2 aliphatic rings. The van der Waals surface area contributed by atoms with Gasteiger partial charge in [-0.25, -0.2) is 0 Å². The van der Waals surface area contributed by atoms with Crippen LogP contribution < -0.4 is 10.2 Å². The van der Waals surface area contributed by atoms with E-state index in [1.165, 1.54) is 0 Å². The number of carbonyl (C=O) groups is 1. The van der Waals surface area contributed by atoms with E-state index < -0.39 is 5.66 Å². The minimum absolute atomic E-state index is 0.0183. The van der Waals surface area contributed by atoms with Crippen LogP contribution in [-0.2, 0) is 6.54 Å². The molecule has 1 saturated heterocycles. The molecule has 3 aromatic rings. The predicted molar refractivity (Wildman–Crippen MR) is 120 cm³/mol. The molecular weight excluding hydrogens is 396 g/mol. The summed E-state index contributed by atoms with van der Waals surface area (Å²) in [6, 6.07) is 21.3. The SMILES string of the molecule is O=C1c2ccccc2NC2(CCN(Cc3ccccn3)CC2)N1c1cccc(Cl)c1. The average molecular weight is 419 g/mol. The van der Waals surface area contributed by atoms with Crippen molar-refractivity contribution in [3.05, 3.63) is 89.2 Å². The van der Waals surface area contributed by atoms with Crippen LogP contribution in [0.25, 0.3) is 0 Å². The molecule has 1 aromatic heterocycles. The summed E-state index contributed by atoms with van der Waals surface area (Å²) in [5.74, 6) is 0.0183. The molecule has 30 heavy (non-hydrogen) atoms. The van der Waals surface area contributed by atoms with E-state index in [0.29, 0.717) is 10.6 Å². The van der Waals surface area contributed by atoms with Gasteiger partial charge < -0.3 is 5.32 Å². The maximum absolute atomic E-state index is 13.6. The van der Waals surface area contributed by atoms with Crippen LogP contribution in [0.5, 0.6) is 0 Å². The van der Waals surface area contributed by atoms with E-state index in [2.05, 4.69) is 21.3 Å². The van der Waals surface area contributed by atoms with Crippen molar-refractivity contribution in [1.29, 1.82) is 0 Å². The first-order valence-electron chi connectivity index (χ1n) is 10.2. The fourth-order valence-corrected chi connectivity index (χ4v) is 4.71. The van der Waals surface area contributed by atoms with Gasteiger partial charge in [-0.2, -0.15) is 0 Å². The van der Waals surface area contributed by atoms with Gasteiger partial charge >= 0.3 is 0 Å². The van der Waals surface area contributed by atoms with Crippen molar-refractivity contribution in [2.45, 2.75) is 25.0 Å². The van der Waals surface area contributed by atoms with Gasteiger partial charge in [-0.1, -0.05) is 35.9 Å². The van der Waals surface area contributed by atoms with Gasteiger partial charge in [0.05, 0.1) is 11.3 Å². The van der Waals surface area contributed by atoms with Crippen molar-refractivity contribution in [3.63, 3.8) is 0 Å². The lowest BCUT2D eigenvalue weighted by molar-refractivity contribution is 0.0903. The van der Waals surface area contributed by atoms with E-state index >= 15 is 0 Å². The van der Waals surface area contributed by atoms with Gasteiger partial charge in [-0.3, -0.25) is 19.6 Å². The number of carbonyl (C=O) groups excluding carboxylic acids is 1. The number of pyridine rings is 1. The second kappa shape index (κ2) is 7.74. The van der Waals surface area contributed by atoms with Crippen LogP contribution in [0.3, 0.4) is 0 Å². The van der Waals surface area contributed by atoms with Gasteiger partial charge in [0.25, 0.3) is 5.91 Å². The summed E-state index contributed by atoms with van der Waals surface area (Å²) >= 11 is 6.28. The third kappa shape index (κ3) is 3.44. The van der Waals surface area contributed by atoms with Crippen molar-refractivity contribution in [2.75, 3.05) is 23.3 Å². The lowest BCUT2D eigenvalue weighted by atomic mass is 9.89. The number of anilines is 2. The molecule has 2 aliphatic heterocycles. The molecule has 0 radical (unpaired) electrons. The largest absolute Gasteiger partial charge is 0.362 e. The van der Waals surface area contributed by atoms with Crippen LogP contribution in [-0.4, -0.2) is 34.5 Å². The van der Waals surface area contributed by atoms with Crippen LogP contribution in [0.1, 0.15) is 28.9 Å². The molecule has 1 N–H and O–H groups in total. The Morgan fingerprint density at radius 3 is 2.57 bits per heavy atom. The van der Waals surface area contributed by atoms with Crippen LogP contribution in [0.2, 0.25) is 5.02 Å². The highest BCUT2D eigenvalue weighted by Gasteiger charge is 2.47. The molecular formula is C24H23ClN4O. The van der Waals surface area contributed by atoms with Gasteiger partial charge in [-0.05, 0) is 42.5 Å². The third-order valence-corrected chi connectivity index (χ3v) is 6.25. The maximum atomic E-state index is 13.6. The smallest absolute Gasteiger partial charge is 0.262 e. The first kappa shape index (κ1) is 19.1. The molecule has 5 nitrogen and oxygen atoms in total. The molecule has 0 unspecified atom stereocenters. The zero-order valence-corrected chi connectivity index (χ0v) is 17.3. The predicted octanol–water partition coefficient (Wildman–Crippen LogP) is 4.80. The Hall–Kier alpha value is -2.89. The number of aromatic nitrogens is 1. The quantitative estimate of drug-likeness (QED) is 0.663. The lowest BCUT2D eigenvalue weighted by Gasteiger charge is -2.52. The zero-order chi connectivity index (χ0) is 20.6. The van der Waals surface area contributed by atoms with E-state index in [1.54, 1.807) is 0 Å². The van der Waals surface area contributed by atoms with Crippen LogP contribution in [0, 0.1) is 0 Å². The number of piperidine rings is 1. The summed E-state index contributed by atoms with van der Waals surface area (Å²) in [5, 5.41) is 4.34. The molecule has 0 bridgehead atoms. The highest BCUT2D eigenvalue weighted by Crippen LogP contribution is 2.41. The minimum Gasteiger partial charge on any atom is -0.362 e. The standard InChI is InChI=1S/C24H23ClN4O/c25-18-6-5-8-20(16-18)29-23(30)21-9-1-2-10-22(21)27-24(29)11-14-28(15-12-24)17-19-7-3-4-13-26-19/h1-10,13,16,27H,11-12,14-15,17H2. The Bertz CT molecular complexity index is 1060. The number of hydrogen-bond acceptors (Lipinski definition) is 4. The maximum Gasteiger partial charge on any atom is 0.262 e. The number of hydrogen-bond donors (Lipinski definition) is 1. The first-order chi connectivity index (χ1) is 14.6. The summed E-state index contributed by atoms with van der Waals surface area (Å²) in [7, 11) is 0. The molecule has 0 aliphatic carbocycles. The number of halogens is 1. The number of nitrogens with zero attached hydrogens (tertiary/aromatic N) is 3. The molecule has 0 atom stereocenters. The second-order valence-electron chi connectivity index (χ2n) is 7.92. The minimum atomic E-state index is -0.475. The normalized spacial score (nSPS) is 18.2. The average Bonchev–Trinajstić information content (AvgIpc) is 2.76. The fourth-order valence-electron chi connectivity index (χ4n) is 4.53. The van der Waals surface area contributed by atoms with Gasteiger partial charge in [0, 0.05) is 55.1 Å². The Kier molecular flexibility index (Phi) is 4.93. The van der Waals surface area contributed by atoms with E-state index in [1.807, 2.05) is 71.8 Å². The van der Waals surface area contributed by atoms with Crippen LogP contribution in [0.4, 0.5) is 11.4 Å². The van der Waals surface area contributed by atoms with Gasteiger partial charge in [0.15, 0.2) is 0 Å². The molecule has 0 saturated carbocycles. The van der Waals surface area contributed by atoms with E-state index in [9.17, 15) is 4.79 Å². The van der Waals surface area contributed by atoms with E-state index in [0.717, 1.165) is 49.5 Å². The van der Waals surface area contributed by atoms with Gasteiger partial charge in [0.1, 0.15) is 5.66 Å². The summed E-state index contributed by atoms with van der Waals surface area (Å²) in [5.41, 5.74) is 3.01. The van der Waals surface area contributed by atoms with Crippen molar-refractivity contribution in [2.24, 2.45) is 0 Å². The van der Waals surface area contributed by atoms with Crippen LogP contribution in [0.15, 0.2) is 72.9 Å². The first-order valence-corrected chi connectivity index (χ1v) is 10.6. The highest BCUT2D eigenvalue weighted by molar-refractivity contribution is 6.31.